The first-order valence-corrected chi connectivity index (χ1v) is 10.1. The van der Waals surface area contributed by atoms with E-state index in [9.17, 15) is 9.59 Å². The van der Waals surface area contributed by atoms with Crippen LogP contribution in [0.3, 0.4) is 0 Å². The molecular formula is C21H31N3O3. The van der Waals surface area contributed by atoms with Gasteiger partial charge in [0.2, 0.25) is 5.91 Å². The lowest BCUT2D eigenvalue weighted by Crippen LogP contribution is -2.53. The Morgan fingerprint density at radius 1 is 1.26 bits per heavy atom. The summed E-state index contributed by atoms with van der Waals surface area (Å²) in [5.74, 6) is 1.10. The summed E-state index contributed by atoms with van der Waals surface area (Å²) in [5, 5.41) is 5.74. The molecule has 0 aliphatic carbocycles. The number of carbonyl (C=O) groups excluding carboxylic acids is 2. The molecule has 1 fully saturated rings. The number of piperidine rings is 1. The number of para-hydroxylation sites is 1. The summed E-state index contributed by atoms with van der Waals surface area (Å²) in [6.07, 6.45) is 4.97. The number of amides is 3. The number of urea groups is 1. The van der Waals surface area contributed by atoms with Crippen LogP contribution < -0.4 is 15.4 Å². The topological polar surface area (TPSA) is 70.7 Å². The van der Waals surface area contributed by atoms with E-state index in [0.29, 0.717) is 19.5 Å². The zero-order chi connectivity index (χ0) is 19.3. The van der Waals surface area contributed by atoms with Crippen LogP contribution in [-0.2, 0) is 4.79 Å². The molecule has 0 saturated carbocycles. The van der Waals surface area contributed by atoms with E-state index < -0.39 is 0 Å². The Morgan fingerprint density at radius 3 is 2.70 bits per heavy atom. The average molecular weight is 373 g/mol. The second-order valence-corrected chi connectivity index (χ2v) is 7.67. The summed E-state index contributed by atoms with van der Waals surface area (Å²) >= 11 is 0. The first-order chi connectivity index (χ1) is 13.1. The van der Waals surface area contributed by atoms with E-state index in [0.717, 1.165) is 50.0 Å². The molecule has 1 aromatic rings. The number of unbranched alkanes of at least 4 members (excludes halogenated alkanes) is 1. The number of rotatable bonds is 5. The van der Waals surface area contributed by atoms with E-state index in [1.54, 1.807) is 7.05 Å². The average Bonchev–Trinajstić information content (AvgIpc) is 2.68. The summed E-state index contributed by atoms with van der Waals surface area (Å²) in [6.45, 7) is 4.22. The van der Waals surface area contributed by atoms with Crippen LogP contribution in [0.4, 0.5) is 4.79 Å². The third-order valence-corrected chi connectivity index (χ3v) is 5.78. The highest BCUT2D eigenvalue weighted by atomic mass is 16.5. The van der Waals surface area contributed by atoms with E-state index in [-0.39, 0.29) is 23.5 Å². The predicted octanol–water partition coefficient (Wildman–Crippen LogP) is 3.03. The van der Waals surface area contributed by atoms with Crippen LogP contribution in [-0.4, -0.2) is 49.1 Å². The molecule has 1 saturated heterocycles. The molecule has 2 N–H and O–H groups in total. The van der Waals surface area contributed by atoms with Gasteiger partial charge in [-0.15, -0.1) is 0 Å². The maximum atomic E-state index is 12.3. The van der Waals surface area contributed by atoms with Gasteiger partial charge in [0.05, 0.1) is 0 Å². The van der Waals surface area contributed by atoms with Crippen LogP contribution >= 0.6 is 0 Å². The van der Waals surface area contributed by atoms with E-state index in [1.807, 2.05) is 23.1 Å². The lowest BCUT2D eigenvalue weighted by atomic mass is 9.76. The Bertz CT molecular complexity index is 668. The van der Waals surface area contributed by atoms with Gasteiger partial charge in [0, 0.05) is 51.9 Å². The number of nitrogens with one attached hydrogen (secondary N) is 2. The van der Waals surface area contributed by atoms with E-state index in [4.69, 9.17) is 4.74 Å². The van der Waals surface area contributed by atoms with Crippen LogP contribution in [0, 0.1) is 0 Å². The van der Waals surface area contributed by atoms with Crippen molar-refractivity contribution in [1.82, 2.24) is 15.5 Å². The Balaban J connectivity index is 1.67. The van der Waals surface area contributed by atoms with Crippen molar-refractivity contribution >= 4 is 11.9 Å². The lowest BCUT2D eigenvalue weighted by Gasteiger charge is -2.46. The molecule has 0 radical (unpaired) electrons. The van der Waals surface area contributed by atoms with Gasteiger partial charge >= 0.3 is 6.03 Å². The number of carbonyl (C=O) groups is 2. The summed E-state index contributed by atoms with van der Waals surface area (Å²) in [6, 6.07) is 8.06. The molecule has 2 aliphatic rings. The van der Waals surface area contributed by atoms with E-state index in [2.05, 4.69) is 23.6 Å². The Hall–Kier alpha value is -2.24. The van der Waals surface area contributed by atoms with Gasteiger partial charge in [-0.1, -0.05) is 31.5 Å². The minimum atomic E-state index is -0.284. The second-order valence-electron chi connectivity index (χ2n) is 7.67. The molecule has 27 heavy (non-hydrogen) atoms. The van der Waals surface area contributed by atoms with Gasteiger partial charge in [-0.25, -0.2) is 4.79 Å². The fourth-order valence-electron chi connectivity index (χ4n) is 4.16. The minimum Gasteiger partial charge on any atom is -0.487 e. The summed E-state index contributed by atoms with van der Waals surface area (Å²) in [5.41, 5.74) is 0.833. The van der Waals surface area contributed by atoms with Crippen LogP contribution in [0.2, 0.25) is 0 Å². The van der Waals surface area contributed by atoms with Crippen molar-refractivity contribution in [2.75, 3.05) is 26.7 Å². The number of hydrogen-bond donors (Lipinski definition) is 2. The molecule has 6 nitrogen and oxygen atoms in total. The highest BCUT2D eigenvalue weighted by molar-refractivity contribution is 5.77. The number of benzene rings is 1. The second kappa shape index (κ2) is 8.63. The van der Waals surface area contributed by atoms with Gasteiger partial charge in [-0.3, -0.25) is 4.79 Å². The normalized spacial score (nSPS) is 20.5. The maximum absolute atomic E-state index is 12.3. The summed E-state index contributed by atoms with van der Waals surface area (Å²) < 4.78 is 6.44. The van der Waals surface area contributed by atoms with Gasteiger partial charge in [-0.05, 0) is 24.5 Å². The molecular weight excluding hydrogens is 342 g/mol. The quantitative estimate of drug-likeness (QED) is 0.780. The predicted molar refractivity (Wildman–Crippen MR) is 105 cm³/mol. The van der Waals surface area contributed by atoms with E-state index >= 15 is 0 Å². The van der Waals surface area contributed by atoms with Crippen molar-refractivity contribution < 1.29 is 14.3 Å². The molecule has 1 spiro atoms. The lowest BCUT2D eigenvalue weighted by molar-refractivity contribution is -0.121. The van der Waals surface area contributed by atoms with Crippen molar-refractivity contribution in [2.24, 2.45) is 0 Å². The highest BCUT2D eigenvalue weighted by Crippen LogP contribution is 2.46. The van der Waals surface area contributed by atoms with Gasteiger partial charge in [0.15, 0.2) is 0 Å². The molecule has 1 unspecified atom stereocenters. The number of ether oxygens (including phenoxy) is 1. The zero-order valence-electron chi connectivity index (χ0n) is 16.4. The number of likely N-dealkylation sites (tertiary alicyclic amines) is 1. The maximum Gasteiger partial charge on any atom is 0.317 e. The molecule has 0 bridgehead atoms. The SMILES string of the molecule is CCCCNC(=O)N1CCC2(CC1)CC(CC(=O)NC)c1ccccc1O2. The molecule has 1 atom stereocenters. The van der Waals surface area contributed by atoms with Gasteiger partial charge < -0.3 is 20.3 Å². The van der Waals surface area contributed by atoms with Crippen molar-refractivity contribution in [3.63, 3.8) is 0 Å². The highest BCUT2D eigenvalue weighted by Gasteiger charge is 2.44. The Labute approximate surface area is 161 Å². The first-order valence-electron chi connectivity index (χ1n) is 10.1. The first kappa shape index (κ1) is 19.5. The van der Waals surface area contributed by atoms with Crippen molar-refractivity contribution in [3.05, 3.63) is 29.8 Å². The van der Waals surface area contributed by atoms with Crippen LogP contribution in [0.5, 0.6) is 5.75 Å². The minimum absolute atomic E-state index is 0.0245. The molecule has 148 valence electrons. The fraction of sp³-hybridized carbons (Fsp3) is 0.619. The molecule has 0 aromatic heterocycles. The zero-order valence-corrected chi connectivity index (χ0v) is 16.4. The van der Waals surface area contributed by atoms with Gasteiger partial charge in [0.1, 0.15) is 11.4 Å². The third-order valence-electron chi connectivity index (χ3n) is 5.78. The number of nitrogens with zero attached hydrogens (tertiary/aromatic N) is 1. The van der Waals surface area contributed by atoms with Crippen LogP contribution in [0.1, 0.15) is 56.9 Å². The largest absolute Gasteiger partial charge is 0.487 e. The molecule has 2 heterocycles. The van der Waals surface area contributed by atoms with Crippen molar-refractivity contribution in [3.8, 4) is 5.75 Å². The Morgan fingerprint density at radius 2 is 2.00 bits per heavy atom. The van der Waals surface area contributed by atoms with Crippen molar-refractivity contribution in [2.45, 2.75) is 57.0 Å². The fourth-order valence-corrected chi connectivity index (χ4v) is 4.16. The third kappa shape index (κ3) is 4.54. The van der Waals surface area contributed by atoms with Gasteiger partial charge in [0.25, 0.3) is 0 Å². The van der Waals surface area contributed by atoms with Crippen molar-refractivity contribution in [1.29, 1.82) is 0 Å². The Kier molecular flexibility index (Phi) is 6.24. The molecule has 3 amide bonds. The molecule has 6 heteroatoms. The molecule has 1 aromatic carbocycles. The summed E-state index contributed by atoms with van der Waals surface area (Å²) in [7, 11) is 1.68. The number of hydrogen-bond acceptors (Lipinski definition) is 3. The smallest absolute Gasteiger partial charge is 0.317 e. The van der Waals surface area contributed by atoms with Gasteiger partial charge in [-0.2, -0.15) is 0 Å². The molecule has 3 rings (SSSR count). The standard InChI is InChI=1S/C21H31N3O3/c1-3-4-11-23-20(26)24-12-9-21(10-13-24)15-16(14-19(25)22-2)17-7-5-6-8-18(17)27-21/h5-8,16H,3-4,9-15H2,1-2H3,(H,22,25)(H,23,26). The molecule has 2 aliphatic heterocycles. The van der Waals surface area contributed by atoms with Crippen LogP contribution in [0.25, 0.3) is 0 Å². The monoisotopic (exact) mass is 373 g/mol. The van der Waals surface area contributed by atoms with E-state index in [1.165, 1.54) is 0 Å². The van der Waals surface area contributed by atoms with Crippen LogP contribution in [0.15, 0.2) is 24.3 Å². The summed E-state index contributed by atoms with van der Waals surface area (Å²) in [4.78, 5) is 26.2. The number of fused-ring (bicyclic) bond motifs is 1.